The quantitative estimate of drug-likeness (QED) is 0.782. The summed E-state index contributed by atoms with van der Waals surface area (Å²) in [7, 11) is -3.05. The number of nitrogens with zero attached hydrogens (tertiary/aromatic N) is 1. The average molecular weight is 262 g/mol. The number of hydrogen-bond acceptors (Lipinski definition) is 4. The monoisotopic (exact) mass is 262 g/mol. The van der Waals surface area contributed by atoms with Gasteiger partial charge in [0, 0.05) is 18.8 Å². The number of carbonyl (C=O) groups excluding carboxylic acids is 1. The summed E-state index contributed by atoms with van der Waals surface area (Å²) in [6.07, 6.45) is 4.53. The first kappa shape index (κ1) is 14.4. The van der Waals surface area contributed by atoms with Gasteiger partial charge in [-0.2, -0.15) is 0 Å². The summed E-state index contributed by atoms with van der Waals surface area (Å²) in [5, 5.41) is 0. The Hall–Kier alpha value is -0.620. The Morgan fingerprint density at radius 1 is 1.47 bits per heavy atom. The summed E-state index contributed by atoms with van der Waals surface area (Å²) < 4.78 is 22.0. The van der Waals surface area contributed by atoms with Crippen LogP contribution in [0.2, 0.25) is 0 Å². The van der Waals surface area contributed by atoms with E-state index in [2.05, 4.69) is 0 Å². The van der Waals surface area contributed by atoms with Gasteiger partial charge in [0.2, 0.25) is 5.91 Å². The summed E-state index contributed by atoms with van der Waals surface area (Å²) in [6.45, 7) is 2.76. The van der Waals surface area contributed by atoms with E-state index in [0.29, 0.717) is 0 Å². The van der Waals surface area contributed by atoms with E-state index in [-0.39, 0.29) is 24.1 Å². The van der Waals surface area contributed by atoms with Gasteiger partial charge in [0.25, 0.3) is 0 Å². The molecule has 0 spiro atoms. The van der Waals surface area contributed by atoms with Crippen molar-refractivity contribution in [1.82, 2.24) is 4.90 Å². The van der Waals surface area contributed by atoms with Crippen LogP contribution in [-0.4, -0.2) is 49.9 Å². The Labute approximate surface area is 103 Å². The molecule has 1 aliphatic heterocycles. The van der Waals surface area contributed by atoms with Crippen LogP contribution in [0.15, 0.2) is 0 Å². The third-order valence-electron chi connectivity index (χ3n) is 3.20. The van der Waals surface area contributed by atoms with Crippen LogP contribution in [0.1, 0.15) is 32.6 Å². The van der Waals surface area contributed by atoms with Crippen LogP contribution in [0.25, 0.3) is 0 Å². The number of piperidine rings is 1. The van der Waals surface area contributed by atoms with Crippen molar-refractivity contribution in [1.29, 1.82) is 0 Å². The highest BCUT2D eigenvalue weighted by molar-refractivity contribution is 7.90. The second-order valence-corrected chi connectivity index (χ2v) is 7.16. The van der Waals surface area contributed by atoms with E-state index in [9.17, 15) is 13.2 Å². The van der Waals surface area contributed by atoms with Crippen LogP contribution in [0.3, 0.4) is 0 Å². The smallest absolute Gasteiger partial charge is 0.239 e. The number of carbonyl (C=O) groups is 1. The van der Waals surface area contributed by atoms with E-state index >= 15 is 0 Å². The van der Waals surface area contributed by atoms with Gasteiger partial charge in [-0.1, -0.05) is 0 Å². The molecule has 1 rings (SSSR count). The van der Waals surface area contributed by atoms with Crippen molar-refractivity contribution in [2.45, 2.75) is 44.7 Å². The van der Waals surface area contributed by atoms with Gasteiger partial charge in [-0.15, -0.1) is 0 Å². The molecule has 0 radical (unpaired) electrons. The normalized spacial score (nSPS) is 23.5. The van der Waals surface area contributed by atoms with Crippen molar-refractivity contribution in [2.24, 2.45) is 5.73 Å². The molecule has 1 heterocycles. The fourth-order valence-electron chi connectivity index (χ4n) is 2.10. The first-order chi connectivity index (χ1) is 7.81. The molecule has 1 fully saturated rings. The van der Waals surface area contributed by atoms with Crippen molar-refractivity contribution in [2.75, 3.05) is 18.6 Å². The van der Waals surface area contributed by atoms with Gasteiger partial charge in [-0.05, 0) is 32.6 Å². The lowest BCUT2D eigenvalue weighted by Crippen LogP contribution is -2.50. The number of hydrogen-bond donors (Lipinski definition) is 1. The molecule has 2 atom stereocenters. The van der Waals surface area contributed by atoms with Gasteiger partial charge in [0.05, 0.1) is 11.8 Å². The van der Waals surface area contributed by atoms with Crippen molar-refractivity contribution in [3.8, 4) is 0 Å². The minimum atomic E-state index is -3.05. The van der Waals surface area contributed by atoms with Gasteiger partial charge in [-0.3, -0.25) is 4.79 Å². The Morgan fingerprint density at radius 3 is 2.65 bits per heavy atom. The van der Waals surface area contributed by atoms with Crippen molar-refractivity contribution in [3.05, 3.63) is 0 Å². The van der Waals surface area contributed by atoms with Crippen LogP contribution >= 0.6 is 0 Å². The molecule has 0 bridgehead atoms. The van der Waals surface area contributed by atoms with E-state index in [1.807, 2.05) is 6.92 Å². The zero-order chi connectivity index (χ0) is 13.1. The molecule has 2 unspecified atom stereocenters. The third-order valence-corrected chi connectivity index (χ3v) is 4.18. The maximum absolute atomic E-state index is 12.0. The summed E-state index contributed by atoms with van der Waals surface area (Å²) in [5.74, 6) is -0.136. The van der Waals surface area contributed by atoms with Crippen molar-refractivity contribution in [3.63, 3.8) is 0 Å². The van der Waals surface area contributed by atoms with Crippen LogP contribution in [-0.2, 0) is 14.6 Å². The van der Waals surface area contributed by atoms with Crippen molar-refractivity contribution >= 4 is 15.7 Å². The first-order valence-corrected chi connectivity index (χ1v) is 8.11. The molecule has 1 amide bonds. The molecule has 1 saturated heterocycles. The van der Waals surface area contributed by atoms with Crippen LogP contribution in [0.5, 0.6) is 0 Å². The molecule has 5 nitrogen and oxygen atoms in total. The topological polar surface area (TPSA) is 80.5 Å². The number of amides is 1. The second-order valence-electron chi connectivity index (χ2n) is 4.90. The molecule has 1 aliphatic rings. The summed E-state index contributed by atoms with van der Waals surface area (Å²) in [4.78, 5) is 13.8. The van der Waals surface area contributed by atoms with Crippen LogP contribution < -0.4 is 5.73 Å². The predicted molar refractivity (Wildman–Crippen MR) is 67.3 cm³/mol. The highest BCUT2D eigenvalue weighted by Gasteiger charge is 2.27. The predicted octanol–water partition coefficient (Wildman–Crippen LogP) is 0.149. The highest BCUT2D eigenvalue weighted by atomic mass is 32.2. The molecule has 0 aromatic heterocycles. The van der Waals surface area contributed by atoms with Gasteiger partial charge >= 0.3 is 0 Å². The maximum atomic E-state index is 12.0. The van der Waals surface area contributed by atoms with Crippen molar-refractivity contribution < 1.29 is 13.2 Å². The van der Waals surface area contributed by atoms with E-state index in [4.69, 9.17) is 5.73 Å². The van der Waals surface area contributed by atoms with Crippen LogP contribution in [0.4, 0.5) is 0 Å². The van der Waals surface area contributed by atoms with Gasteiger partial charge in [-0.25, -0.2) is 8.42 Å². The zero-order valence-corrected chi connectivity index (χ0v) is 11.4. The maximum Gasteiger partial charge on any atom is 0.239 e. The Balaban J connectivity index is 2.50. The van der Waals surface area contributed by atoms with E-state index in [1.54, 1.807) is 4.90 Å². The molecule has 0 aromatic carbocycles. The molecule has 6 heteroatoms. The lowest BCUT2D eigenvalue weighted by atomic mass is 10.0. The summed E-state index contributed by atoms with van der Waals surface area (Å²) in [5.41, 5.74) is 5.76. The van der Waals surface area contributed by atoms with Gasteiger partial charge < -0.3 is 10.6 Å². The fraction of sp³-hybridized carbons (Fsp3) is 0.909. The first-order valence-electron chi connectivity index (χ1n) is 6.05. The highest BCUT2D eigenvalue weighted by Crippen LogP contribution is 2.17. The molecule has 0 saturated carbocycles. The molecule has 0 aromatic rings. The van der Waals surface area contributed by atoms with E-state index in [1.165, 1.54) is 0 Å². The number of nitrogens with two attached hydrogens (primary N) is 1. The SMILES string of the molecule is CC1CCCCN1C(=O)C(N)CCS(C)(=O)=O. The average Bonchev–Trinajstić information content (AvgIpc) is 2.24. The number of rotatable bonds is 4. The summed E-state index contributed by atoms with van der Waals surface area (Å²) in [6, 6.07) is -0.467. The molecule has 17 heavy (non-hydrogen) atoms. The van der Waals surface area contributed by atoms with Gasteiger partial charge in [0.15, 0.2) is 0 Å². The third kappa shape index (κ3) is 4.63. The minimum Gasteiger partial charge on any atom is -0.339 e. The number of likely N-dealkylation sites (tertiary alicyclic amines) is 1. The fourth-order valence-corrected chi connectivity index (χ4v) is 2.79. The Morgan fingerprint density at radius 2 is 2.12 bits per heavy atom. The zero-order valence-electron chi connectivity index (χ0n) is 10.6. The lowest BCUT2D eigenvalue weighted by molar-refractivity contribution is -0.135. The van der Waals surface area contributed by atoms with E-state index < -0.39 is 15.9 Å². The van der Waals surface area contributed by atoms with Crippen LogP contribution in [0, 0.1) is 0 Å². The molecule has 2 N–H and O–H groups in total. The van der Waals surface area contributed by atoms with E-state index in [0.717, 1.165) is 32.1 Å². The molecule has 0 aliphatic carbocycles. The minimum absolute atomic E-state index is 0.0257. The Kier molecular flexibility index (Phi) is 4.94. The second kappa shape index (κ2) is 5.82. The summed E-state index contributed by atoms with van der Waals surface area (Å²) >= 11 is 0. The number of sulfone groups is 1. The Bertz CT molecular complexity index is 367. The van der Waals surface area contributed by atoms with Gasteiger partial charge in [0.1, 0.15) is 9.84 Å². The molecular weight excluding hydrogens is 240 g/mol. The molecule has 100 valence electrons. The largest absolute Gasteiger partial charge is 0.339 e. The molecular formula is C11H22N2O3S. The lowest BCUT2D eigenvalue weighted by Gasteiger charge is -2.35. The standard InChI is InChI=1S/C11H22N2O3S/c1-9-5-3-4-7-13(9)11(14)10(12)6-8-17(2,15)16/h9-10H,3-8,12H2,1-2H3.